The van der Waals surface area contributed by atoms with E-state index in [9.17, 15) is 0 Å². The van der Waals surface area contributed by atoms with Crippen LogP contribution in [0.1, 0.15) is 43.7 Å². The van der Waals surface area contributed by atoms with E-state index in [4.69, 9.17) is 20.7 Å². The van der Waals surface area contributed by atoms with Gasteiger partial charge in [0.15, 0.2) is 17.3 Å². The lowest BCUT2D eigenvalue weighted by atomic mass is 9.95. The fourth-order valence-electron chi connectivity index (χ4n) is 4.16. The van der Waals surface area contributed by atoms with Crippen molar-refractivity contribution in [3.8, 4) is 11.4 Å². The van der Waals surface area contributed by atoms with Gasteiger partial charge in [0.05, 0.1) is 6.33 Å². The fourth-order valence-corrected chi connectivity index (χ4v) is 4.16. The fraction of sp³-hybridized carbons (Fsp3) is 0.304. The van der Waals surface area contributed by atoms with Crippen molar-refractivity contribution in [3.05, 3.63) is 60.7 Å². The first-order valence-electron chi connectivity index (χ1n) is 10.5. The van der Waals surface area contributed by atoms with Crippen molar-refractivity contribution in [1.82, 2.24) is 24.5 Å². The topological polar surface area (TPSA) is 94.5 Å². The summed E-state index contributed by atoms with van der Waals surface area (Å²) in [5.41, 5.74) is 10.4. The largest absolute Gasteiger partial charge is 0.399 e. The quantitative estimate of drug-likeness (QED) is 0.477. The minimum Gasteiger partial charge on any atom is -0.399 e. The Morgan fingerprint density at radius 3 is 2.77 bits per heavy atom. The first-order valence-corrected chi connectivity index (χ1v) is 10.5. The van der Waals surface area contributed by atoms with Crippen LogP contribution in [0.25, 0.3) is 22.6 Å². The van der Waals surface area contributed by atoms with Gasteiger partial charge >= 0.3 is 0 Å². The van der Waals surface area contributed by atoms with Crippen molar-refractivity contribution in [1.29, 1.82) is 0 Å². The minimum atomic E-state index is 0.443. The Morgan fingerprint density at radius 2 is 1.97 bits per heavy atom. The lowest BCUT2D eigenvalue weighted by Gasteiger charge is -2.23. The van der Waals surface area contributed by atoms with Crippen molar-refractivity contribution in [2.24, 2.45) is 0 Å². The maximum atomic E-state index is 6.01. The molecule has 7 nitrogen and oxygen atoms in total. The van der Waals surface area contributed by atoms with Crippen LogP contribution in [0.4, 0.5) is 11.5 Å². The first kappa shape index (κ1) is 18.5. The Morgan fingerprint density at radius 1 is 1.07 bits per heavy atom. The number of rotatable bonds is 5. The first-order chi connectivity index (χ1) is 14.8. The van der Waals surface area contributed by atoms with Crippen molar-refractivity contribution in [2.45, 2.75) is 44.7 Å². The van der Waals surface area contributed by atoms with Crippen LogP contribution in [-0.2, 0) is 6.54 Å². The smallest absolute Gasteiger partial charge is 0.166 e. The van der Waals surface area contributed by atoms with E-state index >= 15 is 0 Å². The molecule has 3 N–H and O–H groups in total. The van der Waals surface area contributed by atoms with Gasteiger partial charge in [-0.2, -0.15) is 0 Å². The minimum absolute atomic E-state index is 0.443. The Hall–Kier alpha value is -3.48. The normalized spacial score (nSPS) is 14.8. The van der Waals surface area contributed by atoms with Crippen LogP contribution in [-0.4, -0.2) is 24.5 Å². The van der Waals surface area contributed by atoms with E-state index < -0.39 is 0 Å². The second kappa shape index (κ2) is 8.10. The van der Waals surface area contributed by atoms with Gasteiger partial charge in [-0.25, -0.2) is 15.0 Å². The average Bonchev–Trinajstić information content (AvgIpc) is 3.23. The van der Waals surface area contributed by atoms with Crippen LogP contribution < -0.4 is 11.1 Å². The van der Waals surface area contributed by atoms with Crippen molar-refractivity contribution >= 4 is 22.7 Å². The number of nitrogens with one attached hydrogen (secondary N) is 1. The number of fused-ring (bicyclic) bond motifs is 1. The molecule has 5 rings (SSSR count). The van der Waals surface area contributed by atoms with Gasteiger partial charge in [-0.1, -0.05) is 37.5 Å². The highest BCUT2D eigenvalue weighted by Crippen LogP contribution is 2.32. The number of imidazole rings is 1. The van der Waals surface area contributed by atoms with Gasteiger partial charge < -0.3 is 15.6 Å². The number of nitrogen functional groups attached to an aromatic ring is 1. The highest BCUT2D eigenvalue weighted by Gasteiger charge is 2.21. The summed E-state index contributed by atoms with van der Waals surface area (Å²) in [5.74, 6) is 1.39. The maximum Gasteiger partial charge on any atom is 0.166 e. The zero-order chi connectivity index (χ0) is 20.3. The summed E-state index contributed by atoms with van der Waals surface area (Å²) >= 11 is 0. The van der Waals surface area contributed by atoms with Gasteiger partial charge in [0.25, 0.3) is 0 Å². The number of pyridine rings is 1. The molecule has 0 saturated heterocycles. The number of hydrogen-bond acceptors (Lipinski definition) is 6. The average molecular weight is 400 g/mol. The lowest BCUT2D eigenvalue weighted by molar-refractivity contribution is 0.358. The molecular weight excluding hydrogens is 374 g/mol. The van der Waals surface area contributed by atoms with E-state index in [1.807, 2.05) is 48.9 Å². The summed E-state index contributed by atoms with van der Waals surface area (Å²) < 4.78 is 2.24. The van der Waals surface area contributed by atoms with Gasteiger partial charge in [-0.15, -0.1) is 0 Å². The molecule has 1 saturated carbocycles. The molecule has 1 fully saturated rings. The second-order valence-electron chi connectivity index (χ2n) is 7.85. The Labute approximate surface area is 175 Å². The number of nitrogens with zero attached hydrogens (tertiary/aromatic N) is 5. The molecule has 0 aliphatic heterocycles. The van der Waals surface area contributed by atoms with Crippen LogP contribution in [0, 0.1) is 0 Å². The zero-order valence-corrected chi connectivity index (χ0v) is 16.8. The van der Waals surface area contributed by atoms with E-state index in [1.165, 1.54) is 32.1 Å². The monoisotopic (exact) mass is 399 g/mol. The van der Waals surface area contributed by atoms with E-state index in [0.29, 0.717) is 24.1 Å². The zero-order valence-electron chi connectivity index (χ0n) is 16.8. The predicted octanol–water partition coefficient (Wildman–Crippen LogP) is 4.59. The summed E-state index contributed by atoms with van der Waals surface area (Å²) in [6.45, 7) is 0.618. The lowest BCUT2D eigenvalue weighted by Crippen LogP contribution is -2.13. The molecule has 4 aromatic rings. The molecule has 1 aliphatic rings. The third-order valence-corrected chi connectivity index (χ3v) is 5.72. The molecule has 152 valence electrons. The molecule has 0 radical (unpaired) electrons. The molecule has 0 bridgehead atoms. The van der Waals surface area contributed by atoms with E-state index in [1.54, 1.807) is 6.20 Å². The van der Waals surface area contributed by atoms with Crippen molar-refractivity contribution in [3.63, 3.8) is 0 Å². The Balaban J connectivity index is 1.58. The van der Waals surface area contributed by atoms with Gasteiger partial charge in [0.2, 0.25) is 0 Å². The molecule has 3 heterocycles. The summed E-state index contributed by atoms with van der Waals surface area (Å²) in [5, 5.41) is 3.45. The third-order valence-electron chi connectivity index (χ3n) is 5.72. The summed E-state index contributed by atoms with van der Waals surface area (Å²) in [6, 6.07) is 12.1. The molecule has 7 heteroatoms. The number of anilines is 2. The summed E-state index contributed by atoms with van der Waals surface area (Å²) in [6.07, 6.45) is 11.7. The third kappa shape index (κ3) is 3.70. The molecule has 1 aromatic carbocycles. The predicted molar refractivity (Wildman–Crippen MR) is 119 cm³/mol. The Kier molecular flexibility index (Phi) is 5.01. The number of benzene rings is 1. The van der Waals surface area contributed by atoms with E-state index in [2.05, 4.69) is 14.9 Å². The molecule has 30 heavy (non-hydrogen) atoms. The van der Waals surface area contributed by atoms with E-state index in [0.717, 1.165) is 28.1 Å². The van der Waals surface area contributed by atoms with Crippen LogP contribution in [0.2, 0.25) is 0 Å². The maximum absolute atomic E-state index is 6.01. The van der Waals surface area contributed by atoms with Crippen LogP contribution in [0.15, 0.2) is 55.1 Å². The molecule has 0 unspecified atom stereocenters. The highest BCUT2D eigenvalue weighted by molar-refractivity contribution is 5.85. The molecule has 0 amide bonds. The highest BCUT2D eigenvalue weighted by atomic mass is 15.2. The molecule has 1 aliphatic carbocycles. The van der Waals surface area contributed by atoms with Gasteiger partial charge in [-0.3, -0.25) is 4.98 Å². The number of aromatic nitrogens is 5. The van der Waals surface area contributed by atoms with Gasteiger partial charge in [0, 0.05) is 36.2 Å². The SMILES string of the molecule is Nc1cccc(-c2nc(NCc3cccnc3)c3ncn(C4CCCCC4)c3n2)c1. The van der Waals surface area contributed by atoms with Gasteiger partial charge in [-0.05, 0) is 36.6 Å². The number of nitrogens with two attached hydrogens (primary N) is 1. The van der Waals surface area contributed by atoms with Crippen LogP contribution in [0.5, 0.6) is 0 Å². The Bertz CT molecular complexity index is 1150. The number of hydrogen-bond donors (Lipinski definition) is 2. The second-order valence-corrected chi connectivity index (χ2v) is 7.85. The van der Waals surface area contributed by atoms with Gasteiger partial charge in [0.1, 0.15) is 5.52 Å². The molecule has 0 spiro atoms. The molecule has 0 atom stereocenters. The molecular formula is C23H25N7. The van der Waals surface area contributed by atoms with E-state index in [-0.39, 0.29) is 0 Å². The summed E-state index contributed by atoms with van der Waals surface area (Å²) in [4.78, 5) is 18.6. The van der Waals surface area contributed by atoms with Crippen molar-refractivity contribution < 1.29 is 0 Å². The summed E-state index contributed by atoms with van der Waals surface area (Å²) in [7, 11) is 0. The molecule has 3 aromatic heterocycles. The van der Waals surface area contributed by atoms with Crippen LogP contribution >= 0.6 is 0 Å². The van der Waals surface area contributed by atoms with Crippen LogP contribution in [0.3, 0.4) is 0 Å². The standard InChI is InChI=1S/C23H25N7/c24-18-8-4-7-17(12-18)21-28-22(26-14-16-6-5-11-25-13-16)20-23(29-21)30(15-27-20)19-9-2-1-3-10-19/h4-8,11-13,15,19H,1-3,9-10,14,24H2,(H,26,28,29). The van der Waals surface area contributed by atoms with Crippen molar-refractivity contribution in [2.75, 3.05) is 11.1 Å².